The Bertz CT molecular complexity index is 2990. The summed E-state index contributed by atoms with van der Waals surface area (Å²) in [6, 6.07) is 16.4. The van der Waals surface area contributed by atoms with Gasteiger partial charge in [0.15, 0.2) is 0 Å². The number of ether oxygens (including phenoxy) is 4. The number of esters is 1. The van der Waals surface area contributed by atoms with E-state index in [0.29, 0.717) is 84.7 Å². The van der Waals surface area contributed by atoms with Crippen LogP contribution in [0.15, 0.2) is 60.8 Å². The van der Waals surface area contributed by atoms with Crippen LogP contribution in [-0.2, 0) is 62.3 Å². The number of amides is 4. The lowest BCUT2D eigenvalue weighted by Crippen LogP contribution is -2.60. The Kier molecular flexibility index (Phi) is 16.2. The molecule has 6 aliphatic rings. The Hall–Kier alpha value is -6.16. The first-order valence-corrected chi connectivity index (χ1v) is 28.3. The molecule has 5 saturated heterocycles. The maximum absolute atomic E-state index is 15.1. The number of hydrogen-bond acceptors (Lipinski definition) is 12. The molecule has 0 aliphatic carbocycles. The van der Waals surface area contributed by atoms with E-state index in [-0.39, 0.29) is 67.4 Å². The molecular formula is C61H78N8O9. The van der Waals surface area contributed by atoms with Gasteiger partial charge >= 0.3 is 5.97 Å². The SMILES string of the molecule is CCn1c(-c2cccnc2[C@H](C)OC)c2c3cc(ccc31)-c1cccc(c1)C[C@H](NC(=O)[C@H](C(C)C)N1CC[C@@]3(CCN(C(=O)C#C[C@@H]4COCCN4C4COC4)C3)C1=O)C(=O)N1CCC[C@@H](C(=O)OCC(C)(C)C2)C(C)N1. The second-order valence-corrected chi connectivity index (χ2v) is 23.7. The van der Waals surface area contributed by atoms with Crippen LogP contribution in [0.5, 0.6) is 0 Å². The van der Waals surface area contributed by atoms with Gasteiger partial charge in [0.1, 0.15) is 12.1 Å². The van der Waals surface area contributed by atoms with Gasteiger partial charge in [-0.25, -0.2) is 5.43 Å². The molecule has 8 heterocycles. The van der Waals surface area contributed by atoms with E-state index >= 15 is 9.59 Å². The number of cyclic esters (lactones) is 1. The van der Waals surface area contributed by atoms with Gasteiger partial charge in [-0.15, -0.1) is 0 Å². The number of nitrogens with zero attached hydrogens (tertiary/aromatic N) is 6. The van der Waals surface area contributed by atoms with Crippen molar-refractivity contribution in [2.45, 2.75) is 130 Å². The molecule has 17 nitrogen and oxygen atoms in total. The number of morpholine rings is 1. The van der Waals surface area contributed by atoms with Crippen LogP contribution in [0.3, 0.4) is 0 Å². The lowest BCUT2D eigenvalue weighted by Gasteiger charge is -2.42. The van der Waals surface area contributed by atoms with Gasteiger partial charge in [0.2, 0.25) is 11.8 Å². The third kappa shape index (κ3) is 11.0. The van der Waals surface area contributed by atoms with Gasteiger partial charge in [-0.2, -0.15) is 0 Å². The van der Waals surface area contributed by atoms with Crippen molar-refractivity contribution in [1.29, 1.82) is 0 Å². The molecule has 1 unspecified atom stereocenters. The number of pyridine rings is 1. The maximum atomic E-state index is 15.1. The summed E-state index contributed by atoms with van der Waals surface area (Å²) >= 11 is 0. The minimum Gasteiger partial charge on any atom is -0.465 e. The van der Waals surface area contributed by atoms with E-state index < -0.39 is 40.8 Å². The zero-order chi connectivity index (χ0) is 55.0. The summed E-state index contributed by atoms with van der Waals surface area (Å²) in [7, 11) is 1.70. The first-order chi connectivity index (χ1) is 37.5. The van der Waals surface area contributed by atoms with Gasteiger partial charge in [0.05, 0.1) is 73.9 Å². The van der Waals surface area contributed by atoms with Crippen LogP contribution in [0.2, 0.25) is 0 Å². The van der Waals surface area contributed by atoms with Crippen LogP contribution in [-0.4, -0.2) is 162 Å². The number of hydrazine groups is 1. The smallest absolute Gasteiger partial charge is 0.310 e. The fraction of sp³-hybridized carbons (Fsp3) is 0.574. The molecule has 17 heteroatoms. The number of aryl methyl sites for hydroxylation is 1. The molecule has 4 aromatic rings. The number of likely N-dealkylation sites (tertiary alicyclic amines) is 2. The van der Waals surface area contributed by atoms with E-state index in [1.807, 2.05) is 45.9 Å². The van der Waals surface area contributed by atoms with Crippen LogP contribution in [0.1, 0.15) is 97.1 Å². The average Bonchev–Trinajstić information content (AvgIpc) is 4.26. The fourth-order valence-corrected chi connectivity index (χ4v) is 12.9. The van der Waals surface area contributed by atoms with Crippen LogP contribution in [0, 0.1) is 34.5 Å². The number of nitrogens with one attached hydrogen (secondary N) is 2. The predicted octanol–water partition coefficient (Wildman–Crippen LogP) is 5.96. The zero-order valence-corrected chi connectivity index (χ0v) is 46.8. The number of aromatic nitrogens is 2. The Morgan fingerprint density at radius 3 is 2.51 bits per heavy atom. The Balaban J connectivity index is 0.952. The molecule has 6 aliphatic heterocycles. The summed E-state index contributed by atoms with van der Waals surface area (Å²) < 4.78 is 25.6. The second-order valence-electron chi connectivity index (χ2n) is 23.7. The minimum absolute atomic E-state index is 0.160. The molecule has 4 amide bonds. The van der Waals surface area contributed by atoms with E-state index in [0.717, 1.165) is 56.7 Å². The molecule has 10 rings (SSSR count). The van der Waals surface area contributed by atoms with E-state index in [9.17, 15) is 14.4 Å². The van der Waals surface area contributed by atoms with Gasteiger partial charge in [0, 0.05) is 86.9 Å². The average molecular weight is 1070 g/mol. The van der Waals surface area contributed by atoms with Crippen LogP contribution >= 0.6 is 0 Å². The number of methoxy groups -OCH3 is 1. The summed E-state index contributed by atoms with van der Waals surface area (Å²) in [4.78, 5) is 83.2. The molecule has 2 N–H and O–H groups in total. The van der Waals surface area contributed by atoms with Crippen LogP contribution < -0.4 is 10.7 Å². The second kappa shape index (κ2) is 22.9. The monoisotopic (exact) mass is 1070 g/mol. The highest BCUT2D eigenvalue weighted by Crippen LogP contribution is 2.44. The largest absolute Gasteiger partial charge is 0.465 e. The van der Waals surface area contributed by atoms with E-state index in [1.54, 1.807) is 28.1 Å². The first-order valence-electron chi connectivity index (χ1n) is 28.3. The lowest BCUT2D eigenvalue weighted by atomic mass is 9.84. The molecule has 7 atom stereocenters. The van der Waals surface area contributed by atoms with Crippen LogP contribution in [0.4, 0.5) is 0 Å². The summed E-state index contributed by atoms with van der Waals surface area (Å²) in [6.45, 7) is 19.4. The first kappa shape index (κ1) is 55.2. The van der Waals surface area contributed by atoms with Crippen molar-refractivity contribution in [3.8, 4) is 34.2 Å². The maximum Gasteiger partial charge on any atom is 0.310 e. The highest BCUT2D eigenvalue weighted by atomic mass is 16.5. The number of carbonyl (C=O) groups is 5. The summed E-state index contributed by atoms with van der Waals surface area (Å²) in [5.41, 5.74) is 9.89. The third-order valence-corrected chi connectivity index (χ3v) is 17.3. The number of rotatable bonds is 9. The van der Waals surface area contributed by atoms with E-state index in [4.69, 9.17) is 23.9 Å². The Morgan fingerprint density at radius 2 is 1.76 bits per heavy atom. The quantitative estimate of drug-likeness (QED) is 0.149. The molecule has 416 valence electrons. The van der Waals surface area contributed by atoms with E-state index in [2.05, 4.69) is 89.2 Å². The highest BCUT2D eigenvalue weighted by Gasteiger charge is 2.54. The van der Waals surface area contributed by atoms with Gasteiger partial charge in [0.25, 0.3) is 11.8 Å². The van der Waals surface area contributed by atoms with Crippen molar-refractivity contribution in [1.82, 2.24) is 40.0 Å². The molecule has 6 bridgehead atoms. The third-order valence-electron chi connectivity index (χ3n) is 17.3. The molecule has 2 aromatic carbocycles. The van der Waals surface area contributed by atoms with Gasteiger partial charge < -0.3 is 38.6 Å². The molecular weight excluding hydrogens is 989 g/mol. The standard InChI is InChI=1S/C61H78N8O9/c1-9-66-51-19-17-43-31-48(51)49(55(66)47-15-11-23-62-53(47)40(5)75-8)32-60(6,7)37-78-58(73)46-16-12-24-69(64-39(46)4)57(72)50(30-41-13-10-14-42(43)29-41)63-56(71)54(38(2)3)68-26-22-61(59(68)74)21-25-65(36-61)52(70)20-18-44-33-76-28-27-67(44)45-34-77-35-45/h10-11,13-15,17,19,23,29,31,38-40,44-46,50,54,64H,9,12,16,21-22,24-28,30,32-37H2,1-8H3,(H,63,71)/t39?,40-,44+,46+,50-,54-,61+/m0/s1. The normalized spacial score (nSPS) is 26.0. The number of benzene rings is 2. The molecule has 78 heavy (non-hydrogen) atoms. The van der Waals surface area contributed by atoms with Crippen molar-refractivity contribution in [2.24, 2.45) is 22.7 Å². The highest BCUT2D eigenvalue weighted by molar-refractivity contribution is 5.98. The number of fused-ring (bicyclic) bond motifs is 7. The molecule has 2 aromatic heterocycles. The van der Waals surface area contributed by atoms with E-state index in [1.165, 1.54) is 0 Å². The van der Waals surface area contributed by atoms with Crippen molar-refractivity contribution in [3.05, 3.63) is 77.6 Å². The van der Waals surface area contributed by atoms with Crippen molar-refractivity contribution < 1.29 is 42.9 Å². The van der Waals surface area contributed by atoms with Crippen LogP contribution in [0.25, 0.3) is 33.3 Å². The Labute approximate surface area is 459 Å². The number of hydrogen-bond donors (Lipinski definition) is 2. The Morgan fingerprint density at radius 1 is 0.962 bits per heavy atom. The van der Waals surface area contributed by atoms with Gasteiger partial charge in [-0.05, 0) is 111 Å². The predicted molar refractivity (Wildman–Crippen MR) is 295 cm³/mol. The lowest BCUT2D eigenvalue weighted by molar-refractivity contribution is -0.153. The molecule has 1 spiro atoms. The van der Waals surface area contributed by atoms with Crippen molar-refractivity contribution >= 4 is 40.5 Å². The molecule has 5 fully saturated rings. The topological polar surface area (TPSA) is 177 Å². The summed E-state index contributed by atoms with van der Waals surface area (Å²) in [6.07, 6.45) is 4.30. The number of carbonyl (C=O) groups excluding carboxylic acids is 5. The fourth-order valence-electron chi connectivity index (χ4n) is 12.9. The zero-order valence-electron chi connectivity index (χ0n) is 46.8. The van der Waals surface area contributed by atoms with Crippen molar-refractivity contribution in [3.63, 3.8) is 0 Å². The molecule has 0 saturated carbocycles. The summed E-state index contributed by atoms with van der Waals surface area (Å²) in [5, 5.41) is 5.82. The van der Waals surface area contributed by atoms with Gasteiger partial charge in [-0.3, -0.25) is 38.9 Å². The summed E-state index contributed by atoms with van der Waals surface area (Å²) in [5.74, 6) is 3.64. The van der Waals surface area contributed by atoms with Crippen molar-refractivity contribution in [2.75, 3.05) is 72.9 Å². The molecule has 0 radical (unpaired) electrons. The van der Waals surface area contributed by atoms with Gasteiger partial charge in [-0.1, -0.05) is 63.9 Å². The minimum atomic E-state index is -1.04.